The van der Waals surface area contributed by atoms with Crippen molar-refractivity contribution in [3.8, 4) is 11.3 Å². The third kappa shape index (κ3) is 4.41. The van der Waals surface area contributed by atoms with E-state index in [-0.39, 0.29) is 11.6 Å². The summed E-state index contributed by atoms with van der Waals surface area (Å²) < 4.78 is 7.81. The van der Waals surface area contributed by atoms with Gasteiger partial charge in [0.2, 0.25) is 5.95 Å². The van der Waals surface area contributed by atoms with Gasteiger partial charge in [0.05, 0.1) is 30.2 Å². The van der Waals surface area contributed by atoms with Crippen molar-refractivity contribution in [1.82, 2.24) is 30.0 Å². The number of aromatic nitrogens is 4. The monoisotopic (exact) mass is 438 g/mol. The summed E-state index contributed by atoms with van der Waals surface area (Å²) in [6, 6.07) is 1.69. The highest BCUT2D eigenvalue weighted by Crippen LogP contribution is 2.30. The predicted octanol–water partition coefficient (Wildman–Crippen LogP) is 1.75. The number of anilines is 1. The Labute approximate surface area is 189 Å². The van der Waals surface area contributed by atoms with Crippen LogP contribution in [0.2, 0.25) is 0 Å². The molecule has 0 aromatic carbocycles. The molecule has 0 bridgehead atoms. The molecule has 1 aliphatic heterocycles. The number of aryl methyl sites for hydroxylation is 1. The van der Waals surface area contributed by atoms with Crippen LogP contribution in [0.3, 0.4) is 0 Å². The average Bonchev–Trinajstić information content (AvgIpc) is 3.23. The quantitative estimate of drug-likeness (QED) is 0.572. The summed E-state index contributed by atoms with van der Waals surface area (Å²) in [6.07, 6.45) is 12.0. The molecule has 4 N–H and O–H groups in total. The fourth-order valence-electron chi connectivity index (χ4n) is 4.43. The summed E-state index contributed by atoms with van der Waals surface area (Å²) in [5.74, 6) is 1.22. The smallest absolute Gasteiger partial charge is 0.227 e. The Hall–Kier alpha value is -2.75. The first-order valence-corrected chi connectivity index (χ1v) is 11.2. The van der Waals surface area contributed by atoms with Crippen molar-refractivity contribution in [2.45, 2.75) is 43.8 Å². The van der Waals surface area contributed by atoms with E-state index in [1.807, 2.05) is 25.4 Å². The lowest BCUT2D eigenvalue weighted by molar-refractivity contribution is 0.260. The number of likely N-dealkylation sites (N-methyl/N-ethyl adjacent to an activating group) is 1. The van der Waals surface area contributed by atoms with Crippen molar-refractivity contribution >= 4 is 5.95 Å². The standard InChI is InChI=1S/C23H34N8O/c1-25-23(9-12-30(2)3)14-20(32-4)18(13-21(23)24)29-22-26-10-8-17(28-22)16-15-27-31-11-6-5-7-19(16)31/h8,10,13-15,21,25H,5-7,9,11-12,24H2,1-4H3,(H,26,28,29). The number of nitrogens with one attached hydrogen (secondary N) is 2. The molecular weight excluding hydrogens is 404 g/mol. The number of nitrogens with zero attached hydrogens (tertiary/aromatic N) is 5. The lowest BCUT2D eigenvalue weighted by Gasteiger charge is -2.39. The first kappa shape index (κ1) is 22.4. The van der Waals surface area contributed by atoms with E-state index in [0.717, 1.165) is 48.6 Å². The second kappa shape index (κ2) is 9.40. The van der Waals surface area contributed by atoms with Crippen LogP contribution < -0.4 is 16.4 Å². The molecule has 2 unspecified atom stereocenters. The molecule has 3 heterocycles. The number of nitrogens with two attached hydrogens (primary N) is 1. The van der Waals surface area contributed by atoms with E-state index in [1.54, 1.807) is 13.3 Å². The maximum atomic E-state index is 6.61. The van der Waals surface area contributed by atoms with E-state index >= 15 is 0 Å². The Morgan fingerprint density at radius 1 is 1.34 bits per heavy atom. The zero-order valence-corrected chi connectivity index (χ0v) is 19.4. The number of rotatable bonds is 8. The molecule has 1 aliphatic carbocycles. The van der Waals surface area contributed by atoms with Crippen LogP contribution in [0.1, 0.15) is 25.0 Å². The zero-order chi connectivity index (χ0) is 22.7. The number of methoxy groups -OCH3 is 1. The number of hydrogen-bond donors (Lipinski definition) is 3. The van der Waals surface area contributed by atoms with E-state index in [0.29, 0.717) is 5.95 Å². The van der Waals surface area contributed by atoms with Gasteiger partial charge in [-0.15, -0.1) is 0 Å². The first-order valence-electron chi connectivity index (χ1n) is 11.2. The molecule has 0 fully saturated rings. The van der Waals surface area contributed by atoms with E-state index in [9.17, 15) is 0 Å². The summed E-state index contributed by atoms with van der Waals surface area (Å²) >= 11 is 0. The minimum atomic E-state index is -0.388. The summed E-state index contributed by atoms with van der Waals surface area (Å²) in [5, 5.41) is 11.3. The average molecular weight is 439 g/mol. The summed E-state index contributed by atoms with van der Waals surface area (Å²) in [5.41, 5.74) is 10.2. The van der Waals surface area contributed by atoms with Crippen molar-refractivity contribution in [3.05, 3.63) is 47.8 Å². The number of hydrogen-bond acceptors (Lipinski definition) is 8. The summed E-state index contributed by atoms with van der Waals surface area (Å²) in [6.45, 7) is 1.87. The van der Waals surface area contributed by atoms with Crippen LogP contribution in [0, 0.1) is 0 Å². The maximum absolute atomic E-state index is 6.61. The largest absolute Gasteiger partial charge is 0.495 e. The predicted molar refractivity (Wildman–Crippen MR) is 126 cm³/mol. The van der Waals surface area contributed by atoms with Gasteiger partial charge in [-0.3, -0.25) is 4.68 Å². The Morgan fingerprint density at radius 3 is 2.94 bits per heavy atom. The van der Waals surface area contributed by atoms with Gasteiger partial charge in [0.25, 0.3) is 0 Å². The Morgan fingerprint density at radius 2 is 2.19 bits per heavy atom. The van der Waals surface area contributed by atoms with Crippen LogP contribution in [0.25, 0.3) is 11.3 Å². The fraction of sp³-hybridized carbons (Fsp3) is 0.522. The fourth-order valence-corrected chi connectivity index (χ4v) is 4.43. The molecule has 2 aliphatic rings. The zero-order valence-electron chi connectivity index (χ0n) is 19.4. The molecule has 172 valence electrons. The molecule has 32 heavy (non-hydrogen) atoms. The van der Waals surface area contributed by atoms with Crippen molar-refractivity contribution in [2.75, 3.05) is 40.1 Å². The van der Waals surface area contributed by atoms with Gasteiger partial charge < -0.3 is 26.0 Å². The molecule has 2 aromatic heterocycles. The van der Waals surface area contributed by atoms with E-state index in [1.165, 1.54) is 18.5 Å². The Balaban J connectivity index is 1.58. The van der Waals surface area contributed by atoms with Gasteiger partial charge in [-0.05, 0) is 71.6 Å². The van der Waals surface area contributed by atoms with Crippen LogP contribution in [-0.2, 0) is 17.7 Å². The Kier molecular flexibility index (Phi) is 6.59. The maximum Gasteiger partial charge on any atom is 0.227 e. The van der Waals surface area contributed by atoms with Crippen LogP contribution in [0.5, 0.6) is 0 Å². The van der Waals surface area contributed by atoms with Crippen LogP contribution in [0.15, 0.2) is 42.1 Å². The van der Waals surface area contributed by atoms with Crippen molar-refractivity contribution < 1.29 is 4.74 Å². The van der Waals surface area contributed by atoms with Gasteiger partial charge in [-0.2, -0.15) is 5.10 Å². The molecule has 0 spiro atoms. The minimum absolute atomic E-state index is 0.236. The SMILES string of the molecule is CNC1(CCN(C)C)C=C(OC)C(Nc2nccc(-c3cnn4c3CCCC4)n2)=CC1N. The number of fused-ring (bicyclic) bond motifs is 1. The topological polar surface area (TPSA) is 106 Å². The second-order valence-corrected chi connectivity index (χ2v) is 8.74. The molecular formula is C23H34N8O. The van der Waals surface area contributed by atoms with Crippen LogP contribution in [0.4, 0.5) is 5.95 Å². The molecule has 2 aromatic rings. The third-order valence-corrected chi connectivity index (χ3v) is 6.41. The third-order valence-electron chi connectivity index (χ3n) is 6.41. The lowest BCUT2D eigenvalue weighted by Crippen LogP contribution is -2.57. The lowest BCUT2D eigenvalue weighted by atomic mass is 9.82. The van der Waals surface area contributed by atoms with Gasteiger partial charge >= 0.3 is 0 Å². The molecule has 4 rings (SSSR count). The number of ether oxygens (including phenoxy) is 1. The van der Waals surface area contributed by atoms with E-state index in [2.05, 4.69) is 50.5 Å². The first-order chi connectivity index (χ1) is 15.5. The van der Waals surface area contributed by atoms with Gasteiger partial charge in [0, 0.05) is 30.0 Å². The van der Waals surface area contributed by atoms with Gasteiger partial charge in [0.1, 0.15) is 5.76 Å². The molecule has 9 heteroatoms. The molecule has 9 nitrogen and oxygen atoms in total. The normalized spacial score (nSPS) is 22.9. The molecule has 0 radical (unpaired) electrons. The van der Waals surface area contributed by atoms with E-state index < -0.39 is 0 Å². The molecule has 2 atom stereocenters. The van der Waals surface area contributed by atoms with Gasteiger partial charge in [-0.25, -0.2) is 9.97 Å². The molecule has 0 amide bonds. The molecule has 0 saturated heterocycles. The van der Waals surface area contributed by atoms with Crippen molar-refractivity contribution in [2.24, 2.45) is 5.73 Å². The highest BCUT2D eigenvalue weighted by Gasteiger charge is 2.37. The summed E-state index contributed by atoms with van der Waals surface area (Å²) in [4.78, 5) is 11.3. The summed E-state index contributed by atoms with van der Waals surface area (Å²) in [7, 11) is 7.72. The van der Waals surface area contributed by atoms with Crippen molar-refractivity contribution in [3.63, 3.8) is 0 Å². The van der Waals surface area contributed by atoms with Crippen molar-refractivity contribution in [1.29, 1.82) is 0 Å². The van der Waals surface area contributed by atoms with Crippen LogP contribution >= 0.6 is 0 Å². The Bertz CT molecular complexity index is 1010. The van der Waals surface area contributed by atoms with Crippen LogP contribution in [-0.4, -0.2) is 71.0 Å². The van der Waals surface area contributed by atoms with E-state index in [4.69, 9.17) is 15.5 Å². The second-order valence-electron chi connectivity index (χ2n) is 8.74. The highest BCUT2D eigenvalue weighted by molar-refractivity contribution is 5.63. The van der Waals surface area contributed by atoms with Gasteiger partial charge in [0.15, 0.2) is 0 Å². The van der Waals surface area contributed by atoms with Gasteiger partial charge in [-0.1, -0.05) is 0 Å². The highest BCUT2D eigenvalue weighted by atomic mass is 16.5. The minimum Gasteiger partial charge on any atom is -0.495 e. The molecule has 0 saturated carbocycles.